The molecule has 0 aliphatic heterocycles. The number of fused-ring (bicyclic) bond motifs is 1. The van der Waals surface area contributed by atoms with Gasteiger partial charge in [0.15, 0.2) is 5.43 Å². The van der Waals surface area contributed by atoms with Gasteiger partial charge in [-0.05, 0) is 29.8 Å². The second-order valence-corrected chi connectivity index (χ2v) is 5.67. The Bertz CT molecular complexity index is 950. The van der Waals surface area contributed by atoms with E-state index in [9.17, 15) is 18.0 Å². The number of nitrogens with one attached hydrogen (secondary N) is 2. The highest BCUT2D eigenvalue weighted by molar-refractivity contribution is 6.31. The highest BCUT2D eigenvalue weighted by atomic mass is 35.5. The standard InChI is InChI=1S/C17H12ClF3N2O/c18-13-6-5-10(7-12(13)17(19,20)21)9-22-16-8-15(24)11-3-1-2-4-14(11)23-16/h1-8H,9H2,(H2,22,23,24). The lowest BCUT2D eigenvalue weighted by molar-refractivity contribution is -0.137. The van der Waals surface area contributed by atoms with Crippen LogP contribution in [0.5, 0.6) is 0 Å². The Morgan fingerprint density at radius 1 is 1.08 bits per heavy atom. The lowest BCUT2D eigenvalue weighted by Crippen LogP contribution is -2.10. The fraction of sp³-hybridized carbons (Fsp3) is 0.118. The van der Waals surface area contributed by atoms with Crippen LogP contribution < -0.4 is 10.7 Å². The molecular formula is C17H12ClF3N2O. The Morgan fingerprint density at radius 3 is 2.58 bits per heavy atom. The Balaban J connectivity index is 1.85. The number of aromatic amines is 1. The number of halogens is 4. The maximum atomic E-state index is 12.9. The van der Waals surface area contributed by atoms with Crippen molar-refractivity contribution in [1.82, 2.24) is 4.98 Å². The van der Waals surface area contributed by atoms with Gasteiger partial charge < -0.3 is 10.3 Å². The minimum atomic E-state index is -4.51. The number of hydrogen-bond acceptors (Lipinski definition) is 2. The molecule has 0 aliphatic carbocycles. The fourth-order valence-corrected chi connectivity index (χ4v) is 2.61. The van der Waals surface area contributed by atoms with E-state index in [0.29, 0.717) is 22.3 Å². The minimum absolute atomic E-state index is 0.120. The molecule has 2 aromatic carbocycles. The lowest BCUT2D eigenvalue weighted by Gasteiger charge is -2.12. The molecule has 0 unspecified atom stereocenters. The number of alkyl halides is 3. The zero-order valence-electron chi connectivity index (χ0n) is 12.2. The highest BCUT2D eigenvalue weighted by Gasteiger charge is 2.33. The van der Waals surface area contributed by atoms with Gasteiger partial charge in [0.25, 0.3) is 0 Å². The van der Waals surface area contributed by atoms with Crippen LogP contribution in [0.15, 0.2) is 53.3 Å². The molecule has 0 spiro atoms. The van der Waals surface area contributed by atoms with Crippen LogP contribution in [0.3, 0.4) is 0 Å². The summed E-state index contributed by atoms with van der Waals surface area (Å²) in [6.45, 7) is 0.120. The van der Waals surface area contributed by atoms with E-state index in [2.05, 4.69) is 10.3 Å². The quantitative estimate of drug-likeness (QED) is 0.710. The van der Waals surface area contributed by atoms with E-state index in [-0.39, 0.29) is 17.0 Å². The van der Waals surface area contributed by atoms with Gasteiger partial charge in [0.1, 0.15) is 5.82 Å². The van der Waals surface area contributed by atoms with Crippen LogP contribution in [0.1, 0.15) is 11.1 Å². The Kier molecular flexibility index (Phi) is 4.24. The molecule has 2 N–H and O–H groups in total. The van der Waals surface area contributed by atoms with Crippen molar-refractivity contribution in [2.45, 2.75) is 12.7 Å². The van der Waals surface area contributed by atoms with Gasteiger partial charge >= 0.3 is 6.18 Å². The second-order valence-electron chi connectivity index (χ2n) is 5.26. The minimum Gasteiger partial charge on any atom is -0.367 e. The molecule has 0 amide bonds. The first kappa shape index (κ1) is 16.4. The van der Waals surface area contributed by atoms with Gasteiger partial charge in [0.2, 0.25) is 0 Å². The second kappa shape index (κ2) is 6.20. The zero-order chi connectivity index (χ0) is 17.3. The molecule has 0 aliphatic rings. The molecule has 0 fully saturated rings. The predicted molar refractivity (Wildman–Crippen MR) is 88.3 cm³/mol. The first-order chi connectivity index (χ1) is 11.3. The van der Waals surface area contributed by atoms with Gasteiger partial charge in [-0.25, -0.2) is 0 Å². The Hall–Kier alpha value is -2.47. The SMILES string of the molecule is O=c1cc(NCc2ccc(Cl)c(C(F)(F)F)c2)[nH]c2ccccc12. The van der Waals surface area contributed by atoms with Crippen molar-refractivity contribution in [3.63, 3.8) is 0 Å². The summed E-state index contributed by atoms with van der Waals surface area (Å²) in [5.74, 6) is 0.433. The van der Waals surface area contributed by atoms with Crippen LogP contribution in [0, 0.1) is 0 Å². The number of aromatic nitrogens is 1. The molecular weight excluding hydrogens is 341 g/mol. The number of H-pyrrole nitrogens is 1. The summed E-state index contributed by atoms with van der Waals surface area (Å²) in [6, 6.07) is 12.1. The summed E-state index contributed by atoms with van der Waals surface area (Å²) >= 11 is 5.60. The summed E-state index contributed by atoms with van der Waals surface area (Å²) in [7, 11) is 0. The molecule has 0 radical (unpaired) electrons. The van der Waals surface area contributed by atoms with E-state index in [1.54, 1.807) is 24.3 Å². The van der Waals surface area contributed by atoms with Gasteiger partial charge in [0.05, 0.1) is 16.1 Å². The lowest BCUT2D eigenvalue weighted by atomic mass is 10.1. The smallest absolute Gasteiger partial charge is 0.367 e. The molecule has 0 saturated heterocycles. The molecule has 7 heteroatoms. The first-order valence-corrected chi connectivity index (χ1v) is 7.44. The van der Waals surface area contributed by atoms with Crippen molar-refractivity contribution < 1.29 is 13.2 Å². The van der Waals surface area contributed by atoms with Gasteiger partial charge in [-0.2, -0.15) is 13.2 Å². The third kappa shape index (κ3) is 3.38. The average Bonchev–Trinajstić information content (AvgIpc) is 2.53. The maximum Gasteiger partial charge on any atom is 0.417 e. The van der Waals surface area contributed by atoms with Crippen LogP contribution in [-0.4, -0.2) is 4.98 Å². The number of para-hydroxylation sites is 1. The van der Waals surface area contributed by atoms with Crippen LogP contribution in [-0.2, 0) is 12.7 Å². The molecule has 1 aromatic heterocycles. The van der Waals surface area contributed by atoms with Gasteiger partial charge in [-0.3, -0.25) is 4.79 Å². The third-order valence-electron chi connectivity index (χ3n) is 3.56. The van der Waals surface area contributed by atoms with Crippen molar-refractivity contribution in [1.29, 1.82) is 0 Å². The Labute approximate surface area is 140 Å². The number of anilines is 1. The van der Waals surface area contributed by atoms with Crippen molar-refractivity contribution >= 4 is 28.3 Å². The Morgan fingerprint density at radius 2 is 1.83 bits per heavy atom. The third-order valence-corrected chi connectivity index (χ3v) is 3.89. The molecule has 0 bridgehead atoms. The molecule has 3 aromatic rings. The van der Waals surface area contributed by atoms with Gasteiger partial charge in [0, 0.05) is 18.0 Å². The molecule has 24 heavy (non-hydrogen) atoms. The van der Waals surface area contributed by atoms with E-state index in [4.69, 9.17) is 11.6 Å². The average molecular weight is 353 g/mol. The molecule has 3 nitrogen and oxygen atoms in total. The fourth-order valence-electron chi connectivity index (χ4n) is 2.39. The topological polar surface area (TPSA) is 44.9 Å². The number of hydrogen-bond donors (Lipinski definition) is 2. The number of benzene rings is 2. The van der Waals surface area contributed by atoms with Crippen molar-refractivity contribution in [2.24, 2.45) is 0 Å². The van der Waals surface area contributed by atoms with Crippen LogP contribution in [0.4, 0.5) is 19.0 Å². The molecule has 0 atom stereocenters. The van der Waals surface area contributed by atoms with Crippen molar-refractivity contribution in [3.8, 4) is 0 Å². The molecule has 1 heterocycles. The monoisotopic (exact) mass is 352 g/mol. The van der Waals surface area contributed by atoms with E-state index >= 15 is 0 Å². The van der Waals surface area contributed by atoms with Crippen molar-refractivity contribution in [2.75, 3.05) is 5.32 Å². The van der Waals surface area contributed by atoms with E-state index in [1.165, 1.54) is 18.2 Å². The van der Waals surface area contributed by atoms with Gasteiger partial charge in [-0.1, -0.05) is 29.8 Å². The van der Waals surface area contributed by atoms with Crippen LogP contribution in [0.25, 0.3) is 10.9 Å². The largest absolute Gasteiger partial charge is 0.417 e. The van der Waals surface area contributed by atoms with E-state index in [0.717, 1.165) is 6.07 Å². The normalized spacial score (nSPS) is 11.7. The molecule has 124 valence electrons. The number of rotatable bonds is 3. The van der Waals surface area contributed by atoms with E-state index in [1.807, 2.05) is 0 Å². The maximum absolute atomic E-state index is 12.9. The zero-order valence-corrected chi connectivity index (χ0v) is 13.0. The number of pyridine rings is 1. The first-order valence-electron chi connectivity index (χ1n) is 7.06. The molecule has 0 saturated carbocycles. The summed E-state index contributed by atoms with van der Waals surface area (Å²) in [5.41, 5.74) is 0.00901. The summed E-state index contributed by atoms with van der Waals surface area (Å²) < 4.78 is 38.6. The summed E-state index contributed by atoms with van der Waals surface area (Å²) in [5, 5.41) is 3.13. The highest BCUT2D eigenvalue weighted by Crippen LogP contribution is 2.35. The van der Waals surface area contributed by atoms with Gasteiger partial charge in [-0.15, -0.1) is 0 Å². The summed E-state index contributed by atoms with van der Waals surface area (Å²) in [6.07, 6.45) is -4.51. The van der Waals surface area contributed by atoms with E-state index < -0.39 is 11.7 Å². The predicted octanol–water partition coefficient (Wildman–Crippen LogP) is 4.81. The van der Waals surface area contributed by atoms with Crippen LogP contribution >= 0.6 is 11.6 Å². The van der Waals surface area contributed by atoms with Crippen LogP contribution in [0.2, 0.25) is 5.02 Å². The molecule has 3 rings (SSSR count). The summed E-state index contributed by atoms with van der Waals surface area (Å²) in [4.78, 5) is 15.0. The van der Waals surface area contributed by atoms with Crippen molar-refractivity contribution in [3.05, 3.63) is 74.9 Å².